The summed E-state index contributed by atoms with van der Waals surface area (Å²) in [6.45, 7) is 8.20. The number of rotatable bonds is 9. The van der Waals surface area contributed by atoms with Gasteiger partial charge in [0.1, 0.15) is 0 Å². The van der Waals surface area contributed by atoms with E-state index in [1.807, 2.05) is 19.1 Å². The van der Waals surface area contributed by atoms with Gasteiger partial charge in [-0.1, -0.05) is 24.3 Å². The van der Waals surface area contributed by atoms with Crippen molar-refractivity contribution in [2.45, 2.75) is 33.7 Å². The summed E-state index contributed by atoms with van der Waals surface area (Å²) >= 11 is 0. The molecule has 3 N–H and O–H groups in total. The summed E-state index contributed by atoms with van der Waals surface area (Å²) in [4.78, 5) is 4.56. The highest BCUT2D eigenvalue weighted by Gasteiger charge is 2.04. The lowest BCUT2D eigenvalue weighted by atomic mass is 10.1. The van der Waals surface area contributed by atoms with Crippen LogP contribution >= 0.6 is 0 Å². The molecule has 6 nitrogen and oxygen atoms in total. The molecule has 1 aromatic carbocycles. The van der Waals surface area contributed by atoms with Gasteiger partial charge in [0.2, 0.25) is 10.0 Å². The standard InChI is InChI=1S/C16H28N4O2S/c1-4-17-16(18-11-8-12-20-23(21,22)5-2)19-13-15-10-7-6-9-14(15)3/h6-7,9-10,20H,4-5,8,11-13H2,1-3H3,(H2,17,18,19). The van der Waals surface area contributed by atoms with Gasteiger partial charge in [-0.05, 0) is 38.3 Å². The number of nitrogens with zero attached hydrogens (tertiary/aromatic N) is 1. The second kappa shape index (κ2) is 10.2. The monoisotopic (exact) mass is 340 g/mol. The van der Waals surface area contributed by atoms with Crippen LogP contribution in [0.4, 0.5) is 0 Å². The van der Waals surface area contributed by atoms with Crippen molar-refractivity contribution < 1.29 is 8.42 Å². The van der Waals surface area contributed by atoms with Gasteiger partial charge in [0.25, 0.3) is 0 Å². The summed E-state index contributed by atoms with van der Waals surface area (Å²) in [7, 11) is -3.11. The Hall–Kier alpha value is -1.60. The Balaban J connectivity index is 2.43. The second-order valence-corrected chi connectivity index (χ2v) is 7.30. The molecule has 0 spiro atoms. The molecule has 7 heteroatoms. The van der Waals surface area contributed by atoms with E-state index >= 15 is 0 Å². The summed E-state index contributed by atoms with van der Waals surface area (Å²) in [5.74, 6) is 0.857. The molecule has 0 fully saturated rings. The van der Waals surface area contributed by atoms with Gasteiger partial charge in [-0.15, -0.1) is 0 Å². The van der Waals surface area contributed by atoms with Gasteiger partial charge in [0, 0.05) is 19.6 Å². The minimum atomic E-state index is -3.11. The molecule has 0 radical (unpaired) electrons. The summed E-state index contributed by atoms with van der Waals surface area (Å²) in [5.41, 5.74) is 2.42. The van der Waals surface area contributed by atoms with E-state index in [-0.39, 0.29) is 5.75 Å². The highest BCUT2D eigenvalue weighted by atomic mass is 32.2. The van der Waals surface area contributed by atoms with Crippen molar-refractivity contribution in [3.63, 3.8) is 0 Å². The maximum Gasteiger partial charge on any atom is 0.211 e. The maximum atomic E-state index is 11.3. The zero-order chi connectivity index (χ0) is 17.1. The minimum absolute atomic E-state index is 0.112. The highest BCUT2D eigenvalue weighted by Crippen LogP contribution is 2.07. The third-order valence-corrected chi connectivity index (χ3v) is 4.77. The molecule has 1 aromatic rings. The predicted octanol–water partition coefficient (Wildman–Crippen LogP) is 1.38. The van der Waals surface area contributed by atoms with Crippen LogP contribution in [0.25, 0.3) is 0 Å². The Kier molecular flexibility index (Phi) is 8.65. The largest absolute Gasteiger partial charge is 0.357 e. The van der Waals surface area contributed by atoms with Crippen LogP contribution in [0, 0.1) is 6.92 Å². The first-order valence-corrected chi connectivity index (χ1v) is 9.67. The SMILES string of the molecule is CCNC(=NCc1ccccc1C)NCCCNS(=O)(=O)CC. The molecule has 23 heavy (non-hydrogen) atoms. The first-order chi connectivity index (χ1) is 11.0. The van der Waals surface area contributed by atoms with E-state index in [2.05, 4.69) is 39.4 Å². The van der Waals surface area contributed by atoms with Gasteiger partial charge in [-0.2, -0.15) is 0 Å². The van der Waals surface area contributed by atoms with Crippen molar-refractivity contribution in [1.29, 1.82) is 0 Å². The molecule has 0 amide bonds. The number of hydrogen-bond donors (Lipinski definition) is 3. The minimum Gasteiger partial charge on any atom is -0.357 e. The van der Waals surface area contributed by atoms with Crippen molar-refractivity contribution in [2.24, 2.45) is 4.99 Å². The smallest absolute Gasteiger partial charge is 0.211 e. The Labute approximate surface area is 139 Å². The van der Waals surface area contributed by atoms with E-state index in [9.17, 15) is 8.42 Å². The Morgan fingerprint density at radius 2 is 1.87 bits per heavy atom. The number of guanidine groups is 1. The van der Waals surface area contributed by atoms with Crippen LogP contribution in [0.3, 0.4) is 0 Å². The third-order valence-electron chi connectivity index (χ3n) is 3.36. The van der Waals surface area contributed by atoms with Gasteiger partial charge >= 0.3 is 0 Å². The molecule has 0 saturated heterocycles. The van der Waals surface area contributed by atoms with Crippen molar-refractivity contribution in [2.75, 3.05) is 25.4 Å². The second-order valence-electron chi connectivity index (χ2n) is 5.20. The Bertz CT molecular complexity index is 600. The molecule has 0 aliphatic carbocycles. The van der Waals surface area contributed by atoms with Gasteiger partial charge in [0.15, 0.2) is 5.96 Å². The molecule has 0 saturated carbocycles. The zero-order valence-corrected chi connectivity index (χ0v) is 15.0. The summed E-state index contributed by atoms with van der Waals surface area (Å²) in [5, 5.41) is 6.41. The first kappa shape index (κ1) is 19.4. The van der Waals surface area contributed by atoms with Gasteiger partial charge in [-0.3, -0.25) is 0 Å². The summed E-state index contributed by atoms with van der Waals surface area (Å²) in [6.07, 6.45) is 0.702. The van der Waals surface area contributed by atoms with E-state index in [0.29, 0.717) is 26.1 Å². The van der Waals surface area contributed by atoms with Gasteiger partial charge < -0.3 is 10.6 Å². The molecule has 0 aromatic heterocycles. The molecule has 130 valence electrons. The molecule has 0 aliphatic heterocycles. The molecular formula is C16H28N4O2S. The molecule has 1 rings (SSSR count). The molecule has 0 unspecified atom stereocenters. The molecule has 0 heterocycles. The van der Waals surface area contributed by atoms with Gasteiger partial charge in [0.05, 0.1) is 12.3 Å². The van der Waals surface area contributed by atoms with Crippen LogP contribution in [0.1, 0.15) is 31.4 Å². The number of hydrogen-bond acceptors (Lipinski definition) is 3. The van der Waals surface area contributed by atoms with E-state index in [1.165, 1.54) is 11.1 Å². The fourth-order valence-corrected chi connectivity index (χ4v) is 2.58. The van der Waals surface area contributed by atoms with Crippen LogP contribution in [0.2, 0.25) is 0 Å². The lowest BCUT2D eigenvalue weighted by molar-refractivity contribution is 0.579. The third kappa shape index (κ3) is 7.99. The highest BCUT2D eigenvalue weighted by molar-refractivity contribution is 7.89. The number of aryl methyl sites for hydroxylation is 1. The quantitative estimate of drug-likeness (QED) is 0.360. The van der Waals surface area contributed by atoms with Crippen LogP contribution in [-0.4, -0.2) is 39.8 Å². The van der Waals surface area contributed by atoms with Crippen molar-refractivity contribution >= 4 is 16.0 Å². The maximum absolute atomic E-state index is 11.3. The fourth-order valence-electron chi connectivity index (χ4n) is 1.92. The molecule has 0 aliphatic rings. The summed E-state index contributed by atoms with van der Waals surface area (Å²) in [6, 6.07) is 8.17. The number of aliphatic imine (C=N–C) groups is 1. The lowest BCUT2D eigenvalue weighted by Gasteiger charge is -2.12. The van der Waals surface area contributed by atoms with Gasteiger partial charge in [-0.25, -0.2) is 18.1 Å². The van der Waals surface area contributed by atoms with E-state index in [0.717, 1.165) is 12.5 Å². The van der Waals surface area contributed by atoms with Crippen LogP contribution in [-0.2, 0) is 16.6 Å². The lowest BCUT2D eigenvalue weighted by Crippen LogP contribution is -2.38. The van der Waals surface area contributed by atoms with Crippen molar-refractivity contribution in [3.05, 3.63) is 35.4 Å². The molecule has 0 bridgehead atoms. The predicted molar refractivity (Wildman–Crippen MR) is 96.1 cm³/mol. The Morgan fingerprint density at radius 3 is 2.52 bits per heavy atom. The van der Waals surface area contributed by atoms with Crippen molar-refractivity contribution in [1.82, 2.24) is 15.4 Å². The Morgan fingerprint density at radius 1 is 1.13 bits per heavy atom. The normalized spacial score (nSPS) is 12.2. The van der Waals surface area contributed by atoms with Crippen LogP contribution in [0.15, 0.2) is 29.3 Å². The summed E-state index contributed by atoms with van der Waals surface area (Å²) < 4.78 is 25.2. The number of sulfonamides is 1. The van der Waals surface area contributed by atoms with Crippen LogP contribution in [0.5, 0.6) is 0 Å². The topological polar surface area (TPSA) is 82.6 Å². The molecular weight excluding hydrogens is 312 g/mol. The zero-order valence-electron chi connectivity index (χ0n) is 14.2. The average Bonchev–Trinajstić information content (AvgIpc) is 2.53. The van der Waals surface area contributed by atoms with E-state index in [4.69, 9.17) is 0 Å². The number of benzene rings is 1. The van der Waals surface area contributed by atoms with Crippen molar-refractivity contribution in [3.8, 4) is 0 Å². The first-order valence-electron chi connectivity index (χ1n) is 8.02. The van der Waals surface area contributed by atoms with Crippen LogP contribution < -0.4 is 15.4 Å². The molecule has 0 atom stereocenters. The van der Waals surface area contributed by atoms with E-state index < -0.39 is 10.0 Å². The number of nitrogens with one attached hydrogen (secondary N) is 3. The fraction of sp³-hybridized carbons (Fsp3) is 0.562. The van der Waals surface area contributed by atoms with E-state index in [1.54, 1.807) is 6.92 Å². The average molecular weight is 340 g/mol.